The SMILES string of the molecule is CCC[C@H](N)C(O)CNC1CC1. The second-order valence-electron chi connectivity index (χ2n) is 3.70. The minimum Gasteiger partial charge on any atom is -0.390 e. The number of aliphatic hydroxyl groups excluding tert-OH is 1. The smallest absolute Gasteiger partial charge is 0.0815 e. The number of nitrogens with two attached hydrogens (primary N) is 1. The molecule has 0 saturated heterocycles. The first-order valence-electron chi connectivity index (χ1n) is 4.91. The molecule has 72 valence electrons. The van der Waals surface area contributed by atoms with Crippen molar-refractivity contribution in [2.45, 2.75) is 50.8 Å². The Hall–Kier alpha value is -0.120. The molecule has 1 saturated carbocycles. The maximum Gasteiger partial charge on any atom is 0.0815 e. The minimum absolute atomic E-state index is 0.0544. The number of nitrogens with one attached hydrogen (secondary N) is 1. The third kappa shape index (κ3) is 3.52. The van der Waals surface area contributed by atoms with Crippen LogP contribution < -0.4 is 11.1 Å². The van der Waals surface area contributed by atoms with Gasteiger partial charge in [0.1, 0.15) is 0 Å². The van der Waals surface area contributed by atoms with E-state index in [-0.39, 0.29) is 12.1 Å². The van der Waals surface area contributed by atoms with Crippen molar-refractivity contribution in [3.05, 3.63) is 0 Å². The van der Waals surface area contributed by atoms with Crippen LogP contribution in [0.5, 0.6) is 0 Å². The van der Waals surface area contributed by atoms with E-state index in [9.17, 15) is 5.11 Å². The number of aliphatic hydroxyl groups is 1. The number of hydrogen-bond donors (Lipinski definition) is 3. The molecule has 0 bridgehead atoms. The largest absolute Gasteiger partial charge is 0.390 e. The molecule has 1 rings (SSSR count). The fourth-order valence-corrected chi connectivity index (χ4v) is 1.25. The van der Waals surface area contributed by atoms with Gasteiger partial charge in [0.15, 0.2) is 0 Å². The Morgan fingerprint density at radius 3 is 2.75 bits per heavy atom. The van der Waals surface area contributed by atoms with Crippen LogP contribution in [0.3, 0.4) is 0 Å². The van der Waals surface area contributed by atoms with Crippen LogP contribution in [-0.4, -0.2) is 29.8 Å². The van der Waals surface area contributed by atoms with Crippen molar-refractivity contribution in [1.29, 1.82) is 0 Å². The topological polar surface area (TPSA) is 58.3 Å². The van der Waals surface area contributed by atoms with Crippen molar-refractivity contribution in [2.75, 3.05) is 6.54 Å². The van der Waals surface area contributed by atoms with Gasteiger partial charge in [0.25, 0.3) is 0 Å². The Labute approximate surface area is 74.3 Å². The Balaban J connectivity index is 2.03. The van der Waals surface area contributed by atoms with Crippen molar-refractivity contribution < 1.29 is 5.11 Å². The van der Waals surface area contributed by atoms with E-state index in [1.54, 1.807) is 0 Å². The van der Waals surface area contributed by atoms with Gasteiger partial charge in [-0.15, -0.1) is 0 Å². The van der Waals surface area contributed by atoms with E-state index >= 15 is 0 Å². The molecule has 0 radical (unpaired) electrons. The quantitative estimate of drug-likeness (QED) is 0.537. The summed E-state index contributed by atoms with van der Waals surface area (Å²) in [4.78, 5) is 0. The summed E-state index contributed by atoms with van der Waals surface area (Å²) in [5, 5.41) is 12.8. The Morgan fingerprint density at radius 1 is 1.58 bits per heavy atom. The first-order chi connectivity index (χ1) is 5.74. The van der Waals surface area contributed by atoms with Gasteiger partial charge in [-0.2, -0.15) is 0 Å². The third-order valence-electron chi connectivity index (χ3n) is 2.31. The van der Waals surface area contributed by atoms with Gasteiger partial charge >= 0.3 is 0 Å². The zero-order chi connectivity index (χ0) is 8.97. The van der Waals surface area contributed by atoms with E-state index in [1.807, 2.05) is 0 Å². The van der Waals surface area contributed by atoms with Gasteiger partial charge in [-0.1, -0.05) is 13.3 Å². The van der Waals surface area contributed by atoms with Crippen molar-refractivity contribution in [3.63, 3.8) is 0 Å². The molecule has 12 heavy (non-hydrogen) atoms. The molecule has 0 amide bonds. The van der Waals surface area contributed by atoms with E-state index in [4.69, 9.17) is 5.73 Å². The summed E-state index contributed by atoms with van der Waals surface area (Å²) in [7, 11) is 0. The van der Waals surface area contributed by atoms with Gasteiger partial charge in [-0.05, 0) is 19.3 Å². The second-order valence-corrected chi connectivity index (χ2v) is 3.70. The molecular weight excluding hydrogens is 152 g/mol. The normalized spacial score (nSPS) is 22.2. The van der Waals surface area contributed by atoms with Gasteiger partial charge in [-0.3, -0.25) is 0 Å². The predicted octanol–water partition coefficient (Wildman–Crippen LogP) is 0.227. The maximum atomic E-state index is 9.54. The lowest BCUT2D eigenvalue weighted by Gasteiger charge is -2.18. The molecule has 0 heterocycles. The van der Waals surface area contributed by atoms with E-state index in [1.165, 1.54) is 12.8 Å². The Morgan fingerprint density at radius 2 is 2.25 bits per heavy atom. The average molecular weight is 172 g/mol. The zero-order valence-corrected chi connectivity index (χ0v) is 7.79. The Kier molecular flexibility index (Phi) is 3.98. The van der Waals surface area contributed by atoms with Crippen molar-refractivity contribution >= 4 is 0 Å². The molecule has 0 aromatic heterocycles. The lowest BCUT2D eigenvalue weighted by Crippen LogP contribution is -2.42. The van der Waals surface area contributed by atoms with Gasteiger partial charge in [0, 0.05) is 18.6 Å². The molecule has 1 aliphatic carbocycles. The summed E-state index contributed by atoms with van der Waals surface area (Å²) in [6, 6.07) is 0.606. The monoisotopic (exact) mass is 172 g/mol. The fourth-order valence-electron chi connectivity index (χ4n) is 1.25. The maximum absolute atomic E-state index is 9.54. The Bertz CT molecular complexity index is 126. The van der Waals surface area contributed by atoms with E-state index in [0.717, 1.165) is 12.8 Å². The summed E-state index contributed by atoms with van der Waals surface area (Å²) in [6.45, 7) is 2.74. The first-order valence-corrected chi connectivity index (χ1v) is 4.91. The molecule has 1 aliphatic rings. The summed E-state index contributed by atoms with van der Waals surface area (Å²) >= 11 is 0. The molecule has 1 unspecified atom stereocenters. The molecule has 4 N–H and O–H groups in total. The zero-order valence-electron chi connectivity index (χ0n) is 7.79. The van der Waals surface area contributed by atoms with Crippen LogP contribution in [0.4, 0.5) is 0 Å². The molecule has 3 heteroatoms. The fraction of sp³-hybridized carbons (Fsp3) is 1.00. The van der Waals surface area contributed by atoms with Gasteiger partial charge < -0.3 is 16.2 Å². The van der Waals surface area contributed by atoms with Crippen molar-refractivity contribution in [2.24, 2.45) is 5.73 Å². The average Bonchev–Trinajstić information content (AvgIpc) is 2.83. The van der Waals surface area contributed by atoms with Crippen LogP contribution in [0.1, 0.15) is 32.6 Å². The van der Waals surface area contributed by atoms with Gasteiger partial charge in [0.05, 0.1) is 6.10 Å². The molecular formula is C9H20N2O. The highest BCUT2D eigenvalue weighted by atomic mass is 16.3. The van der Waals surface area contributed by atoms with Crippen LogP contribution >= 0.6 is 0 Å². The standard InChI is InChI=1S/C9H20N2O/c1-2-3-8(10)9(12)6-11-7-4-5-7/h7-9,11-12H,2-6,10H2,1H3/t8-,9?/m0/s1. The van der Waals surface area contributed by atoms with Gasteiger partial charge in [-0.25, -0.2) is 0 Å². The highest BCUT2D eigenvalue weighted by Crippen LogP contribution is 2.18. The van der Waals surface area contributed by atoms with Crippen LogP contribution in [0.2, 0.25) is 0 Å². The van der Waals surface area contributed by atoms with Crippen LogP contribution in [0.15, 0.2) is 0 Å². The lowest BCUT2D eigenvalue weighted by atomic mass is 10.1. The molecule has 0 aliphatic heterocycles. The molecule has 0 spiro atoms. The molecule has 0 aromatic carbocycles. The van der Waals surface area contributed by atoms with Crippen LogP contribution in [0, 0.1) is 0 Å². The second kappa shape index (κ2) is 4.80. The molecule has 0 aromatic rings. The summed E-state index contributed by atoms with van der Waals surface area (Å²) in [6.07, 6.45) is 4.10. The van der Waals surface area contributed by atoms with E-state index in [0.29, 0.717) is 12.6 Å². The third-order valence-corrected chi connectivity index (χ3v) is 2.31. The molecule has 2 atom stereocenters. The van der Waals surface area contributed by atoms with Crippen LogP contribution in [0.25, 0.3) is 0 Å². The molecule has 1 fully saturated rings. The van der Waals surface area contributed by atoms with Crippen LogP contribution in [-0.2, 0) is 0 Å². The minimum atomic E-state index is -0.370. The van der Waals surface area contributed by atoms with E-state index in [2.05, 4.69) is 12.2 Å². The highest BCUT2D eigenvalue weighted by molar-refractivity contribution is 4.83. The summed E-state index contributed by atoms with van der Waals surface area (Å²) in [5.74, 6) is 0. The lowest BCUT2D eigenvalue weighted by molar-refractivity contribution is 0.137. The predicted molar refractivity (Wildman–Crippen MR) is 49.9 cm³/mol. The highest BCUT2D eigenvalue weighted by Gasteiger charge is 2.22. The van der Waals surface area contributed by atoms with Gasteiger partial charge in [0.2, 0.25) is 0 Å². The summed E-state index contributed by atoms with van der Waals surface area (Å²) in [5.41, 5.74) is 5.74. The number of rotatable bonds is 6. The summed E-state index contributed by atoms with van der Waals surface area (Å²) < 4.78 is 0. The first kappa shape index (κ1) is 9.96. The van der Waals surface area contributed by atoms with Crippen molar-refractivity contribution in [3.8, 4) is 0 Å². The van der Waals surface area contributed by atoms with Crippen molar-refractivity contribution in [1.82, 2.24) is 5.32 Å². The van der Waals surface area contributed by atoms with E-state index < -0.39 is 0 Å². The molecule has 3 nitrogen and oxygen atoms in total. The number of hydrogen-bond acceptors (Lipinski definition) is 3.